The maximum absolute atomic E-state index is 9.26. The van der Waals surface area contributed by atoms with Gasteiger partial charge in [-0.15, -0.1) is 0 Å². The molecule has 5 rings (SSSR count). The summed E-state index contributed by atoms with van der Waals surface area (Å²) >= 11 is 1.84. The molecule has 3 aliphatic heterocycles. The predicted octanol–water partition coefficient (Wildman–Crippen LogP) is 3.71. The van der Waals surface area contributed by atoms with Gasteiger partial charge in [-0.1, -0.05) is 0 Å². The second-order valence-electron chi connectivity index (χ2n) is 9.64. The van der Waals surface area contributed by atoms with Crippen molar-refractivity contribution in [2.75, 3.05) is 57.8 Å². The first-order valence-corrected chi connectivity index (χ1v) is 13.7. The van der Waals surface area contributed by atoms with E-state index in [1.54, 1.807) is 0 Å². The summed E-state index contributed by atoms with van der Waals surface area (Å²) in [5.74, 6) is 3.83. The van der Waals surface area contributed by atoms with Crippen LogP contribution in [0.2, 0.25) is 0 Å². The van der Waals surface area contributed by atoms with E-state index in [0.717, 1.165) is 105 Å². The first kappa shape index (κ1) is 24.3. The number of aryl methyl sites for hydroxylation is 2. The molecule has 0 bridgehead atoms. The number of fused-ring (bicyclic) bond motifs is 1. The summed E-state index contributed by atoms with van der Waals surface area (Å²) in [7, 11) is 0. The van der Waals surface area contributed by atoms with Gasteiger partial charge in [0, 0.05) is 62.4 Å². The average Bonchev–Trinajstić information content (AvgIpc) is 3.35. The molecule has 0 spiro atoms. The Morgan fingerprint density at radius 3 is 2.43 bits per heavy atom. The molecule has 1 aromatic carbocycles. The average molecular weight is 495 g/mol. The second-order valence-corrected chi connectivity index (χ2v) is 10.6. The van der Waals surface area contributed by atoms with E-state index in [4.69, 9.17) is 19.4 Å². The van der Waals surface area contributed by atoms with Crippen molar-refractivity contribution in [3.8, 4) is 17.7 Å². The number of nitrogens with zero attached hydrogens (tertiary/aromatic N) is 5. The lowest BCUT2D eigenvalue weighted by Crippen LogP contribution is -2.45. The molecule has 4 heterocycles. The Morgan fingerprint density at radius 1 is 1.06 bits per heavy atom. The van der Waals surface area contributed by atoms with Crippen molar-refractivity contribution in [3.05, 3.63) is 40.1 Å². The fourth-order valence-electron chi connectivity index (χ4n) is 5.03. The molecule has 0 amide bonds. The van der Waals surface area contributed by atoms with Crippen LogP contribution in [0.15, 0.2) is 12.1 Å². The Morgan fingerprint density at radius 2 is 1.74 bits per heavy atom. The Hall–Kier alpha value is -2.38. The fourth-order valence-corrected chi connectivity index (χ4v) is 6.06. The molecule has 0 aliphatic carbocycles. The summed E-state index contributed by atoms with van der Waals surface area (Å²) in [4.78, 5) is 14.7. The number of benzene rings is 1. The van der Waals surface area contributed by atoms with E-state index in [9.17, 15) is 5.26 Å². The van der Waals surface area contributed by atoms with Gasteiger partial charge >= 0.3 is 0 Å². The first-order chi connectivity index (χ1) is 17.1. The molecule has 1 N–H and O–H groups in total. The molecule has 0 atom stereocenters. The van der Waals surface area contributed by atoms with Gasteiger partial charge in [0.15, 0.2) is 0 Å². The van der Waals surface area contributed by atoms with E-state index < -0.39 is 0 Å². The highest BCUT2D eigenvalue weighted by molar-refractivity contribution is 7.98. The minimum atomic E-state index is 0.368. The highest BCUT2D eigenvalue weighted by Gasteiger charge is 2.25. The SMILES string of the molecule is Cc1cc(C#N)cc(C)c1Oc1nc(NC2CCN(CCN3CCOCC3)CC2)nc2c1CSC2. The highest BCUT2D eigenvalue weighted by atomic mass is 32.2. The van der Waals surface area contributed by atoms with E-state index in [1.807, 2.05) is 37.7 Å². The molecule has 8 nitrogen and oxygen atoms in total. The number of piperidine rings is 1. The summed E-state index contributed by atoms with van der Waals surface area (Å²) in [5, 5.41) is 12.9. The van der Waals surface area contributed by atoms with Crippen LogP contribution in [0, 0.1) is 25.2 Å². The van der Waals surface area contributed by atoms with Crippen LogP contribution >= 0.6 is 11.8 Å². The van der Waals surface area contributed by atoms with Crippen molar-refractivity contribution in [3.63, 3.8) is 0 Å². The van der Waals surface area contributed by atoms with E-state index in [0.29, 0.717) is 23.4 Å². The molecule has 0 unspecified atom stereocenters. The lowest BCUT2D eigenvalue weighted by Gasteiger charge is -2.34. The number of ether oxygens (including phenoxy) is 2. The maximum atomic E-state index is 9.26. The lowest BCUT2D eigenvalue weighted by atomic mass is 10.1. The predicted molar refractivity (Wildman–Crippen MR) is 138 cm³/mol. The molecular formula is C26H34N6O2S. The third-order valence-electron chi connectivity index (χ3n) is 7.09. The molecule has 2 fully saturated rings. The first-order valence-electron chi connectivity index (χ1n) is 12.5. The van der Waals surface area contributed by atoms with Crippen LogP contribution in [0.1, 0.15) is 40.8 Å². The Balaban J connectivity index is 1.22. The summed E-state index contributed by atoms with van der Waals surface area (Å²) in [6, 6.07) is 6.32. The Labute approximate surface area is 212 Å². The number of anilines is 1. The van der Waals surface area contributed by atoms with Crippen molar-refractivity contribution in [2.24, 2.45) is 0 Å². The van der Waals surface area contributed by atoms with Crippen molar-refractivity contribution >= 4 is 17.7 Å². The molecule has 9 heteroatoms. The number of rotatable bonds is 7. The summed E-state index contributed by atoms with van der Waals surface area (Å²) < 4.78 is 11.8. The van der Waals surface area contributed by atoms with Gasteiger partial charge in [-0.25, -0.2) is 4.98 Å². The molecule has 0 radical (unpaired) electrons. The van der Waals surface area contributed by atoms with Gasteiger partial charge in [0.05, 0.1) is 30.5 Å². The van der Waals surface area contributed by atoms with Crippen LogP contribution in [-0.2, 0) is 16.2 Å². The quantitative estimate of drug-likeness (QED) is 0.619. The summed E-state index contributed by atoms with van der Waals surface area (Å²) in [6.07, 6.45) is 2.17. The molecule has 2 aromatic rings. The number of nitrogens with one attached hydrogen (secondary N) is 1. The Kier molecular flexibility index (Phi) is 7.73. The van der Waals surface area contributed by atoms with Crippen LogP contribution < -0.4 is 10.1 Å². The van der Waals surface area contributed by atoms with Crippen LogP contribution in [0.5, 0.6) is 11.6 Å². The molecule has 35 heavy (non-hydrogen) atoms. The number of aromatic nitrogens is 2. The molecule has 0 saturated carbocycles. The number of morpholine rings is 1. The minimum absolute atomic E-state index is 0.368. The standard InChI is InChI=1S/C26H34N6O2S/c1-18-13-20(15-27)14-19(2)24(18)34-25-22-16-35-17-23(22)29-26(30-25)28-21-3-5-31(6-4-21)7-8-32-9-11-33-12-10-32/h13-14,21H,3-12,16-17H2,1-2H3,(H,28,29,30). The molecule has 186 valence electrons. The van der Waals surface area contributed by atoms with E-state index in [1.165, 1.54) is 0 Å². The molecule has 2 saturated heterocycles. The monoisotopic (exact) mass is 494 g/mol. The van der Waals surface area contributed by atoms with Gasteiger partial charge in [-0.05, 0) is 49.9 Å². The van der Waals surface area contributed by atoms with Crippen molar-refractivity contribution in [2.45, 2.75) is 44.2 Å². The third-order valence-corrected chi connectivity index (χ3v) is 8.06. The van der Waals surface area contributed by atoms with Crippen LogP contribution in [0.4, 0.5) is 5.95 Å². The van der Waals surface area contributed by atoms with Gasteiger partial charge < -0.3 is 19.7 Å². The topological polar surface area (TPSA) is 86.5 Å². The minimum Gasteiger partial charge on any atom is -0.438 e. The van der Waals surface area contributed by atoms with E-state index >= 15 is 0 Å². The lowest BCUT2D eigenvalue weighted by molar-refractivity contribution is 0.0322. The number of likely N-dealkylation sites (tertiary alicyclic amines) is 1. The van der Waals surface area contributed by atoms with Gasteiger partial charge in [-0.2, -0.15) is 22.0 Å². The number of hydrogen-bond donors (Lipinski definition) is 1. The van der Waals surface area contributed by atoms with Gasteiger partial charge in [-0.3, -0.25) is 4.90 Å². The smallest absolute Gasteiger partial charge is 0.228 e. The largest absolute Gasteiger partial charge is 0.438 e. The van der Waals surface area contributed by atoms with Crippen molar-refractivity contribution in [1.29, 1.82) is 5.26 Å². The van der Waals surface area contributed by atoms with E-state index in [2.05, 4.69) is 21.2 Å². The molecule has 1 aromatic heterocycles. The van der Waals surface area contributed by atoms with Crippen molar-refractivity contribution in [1.82, 2.24) is 19.8 Å². The maximum Gasteiger partial charge on any atom is 0.228 e. The van der Waals surface area contributed by atoms with Crippen molar-refractivity contribution < 1.29 is 9.47 Å². The zero-order valence-electron chi connectivity index (χ0n) is 20.7. The number of thioether (sulfide) groups is 1. The van der Waals surface area contributed by atoms with Crippen LogP contribution in [0.3, 0.4) is 0 Å². The zero-order valence-corrected chi connectivity index (χ0v) is 21.5. The fraction of sp³-hybridized carbons (Fsp3) is 0.577. The second kappa shape index (κ2) is 11.1. The molecular weight excluding hydrogens is 460 g/mol. The Bertz CT molecular complexity index is 1070. The number of hydrogen-bond acceptors (Lipinski definition) is 9. The van der Waals surface area contributed by atoms with Crippen LogP contribution in [-0.4, -0.2) is 78.3 Å². The van der Waals surface area contributed by atoms with Gasteiger partial charge in [0.2, 0.25) is 11.8 Å². The third kappa shape index (κ3) is 5.89. The molecule has 3 aliphatic rings. The highest BCUT2D eigenvalue weighted by Crippen LogP contribution is 2.38. The van der Waals surface area contributed by atoms with Crippen LogP contribution in [0.25, 0.3) is 0 Å². The summed E-state index contributed by atoms with van der Waals surface area (Å²) in [5.41, 5.74) is 4.68. The van der Waals surface area contributed by atoms with Gasteiger partial charge in [0.1, 0.15) is 5.75 Å². The van der Waals surface area contributed by atoms with Gasteiger partial charge in [0.25, 0.3) is 0 Å². The number of nitriles is 1. The summed E-state index contributed by atoms with van der Waals surface area (Å²) in [6.45, 7) is 12.2. The van der Waals surface area contributed by atoms with E-state index in [-0.39, 0.29) is 0 Å². The normalized spacial score (nSPS) is 19.3. The zero-order chi connectivity index (χ0) is 24.2.